The third-order valence-electron chi connectivity index (χ3n) is 2.77. The lowest BCUT2D eigenvalue weighted by Gasteiger charge is -2.09. The molecule has 0 radical (unpaired) electrons. The molecule has 7 nitrogen and oxygen atoms in total. The zero-order chi connectivity index (χ0) is 15.1. The van der Waals surface area contributed by atoms with Crippen LogP contribution in [0, 0.1) is 0 Å². The number of hydrogen-bond acceptors (Lipinski definition) is 6. The van der Waals surface area contributed by atoms with Crippen LogP contribution in [0.4, 0.5) is 0 Å². The van der Waals surface area contributed by atoms with Crippen molar-refractivity contribution in [2.24, 2.45) is 5.84 Å². The van der Waals surface area contributed by atoms with Gasteiger partial charge in [-0.25, -0.2) is 5.84 Å². The molecule has 2 aromatic rings. The molecule has 0 fully saturated rings. The highest BCUT2D eigenvalue weighted by molar-refractivity contribution is 7.99. The molecule has 4 N–H and O–H groups in total. The molecule has 1 amide bonds. The fourth-order valence-corrected chi connectivity index (χ4v) is 2.58. The van der Waals surface area contributed by atoms with Crippen molar-refractivity contribution in [1.82, 2.24) is 20.2 Å². The number of benzene rings is 1. The number of aliphatic hydroxyl groups excluding tert-OH is 1. The molecule has 0 aliphatic heterocycles. The van der Waals surface area contributed by atoms with Gasteiger partial charge >= 0.3 is 0 Å². The summed E-state index contributed by atoms with van der Waals surface area (Å²) in [6.07, 6.45) is 1.22. The van der Waals surface area contributed by atoms with E-state index >= 15 is 0 Å². The zero-order valence-corrected chi connectivity index (χ0v) is 12.2. The lowest BCUT2D eigenvalue weighted by atomic mass is 10.3. The second-order valence-electron chi connectivity index (χ2n) is 4.25. The van der Waals surface area contributed by atoms with E-state index < -0.39 is 0 Å². The highest BCUT2D eigenvalue weighted by atomic mass is 32.2. The van der Waals surface area contributed by atoms with Crippen LogP contribution >= 0.6 is 11.8 Å². The second-order valence-corrected chi connectivity index (χ2v) is 5.20. The molecule has 0 spiro atoms. The van der Waals surface area contributed by atoms with E-state index in [0.717, 1.165) is 11.5 Å². The molecule has 112 valence electrons. The predicted octanol–water partition coefficient (Wildman–Crippen LogP) is 0.274. The average Bonchev–Trinajstić information content (AvgIpc) is 2.94. The summed E-state index contributed by atoms with van der Waals surface area (Å²) in [6, 6.07) is 9.66. The number of hydrazine groups is 1. The molecule has 1 aromatic heterocycles. The fourth-order valence-electron chi connectivity index (χ4n) is 1.80. The highest BCUT2D eigenvalue weighted by Gasteiger charge is 2.15. The van der Waals surface area contributed by atoms with Crippen molar-refractivity contribution in [2.45, 2.75) is 18.0 Å². The van der Waals surface area contributed by atoms with Gasteiger partial charge in [-0.3, -0.25) is 14.8 Å². The first-order chi connectivity index (χ1) is 10.3. The number of aryl methyl sites for hydroxylation is 1. The molecular weight excluding hydrogens is 290 g/mol. The Labute approximate surface area is 126 Å². The number of rotatable bonds is 7. The summed E-state index contributed by atoms with van der Waals surface area (Å²) in [5.74, 6) is 5.72. The molecule has 0 saturated heterocycles. The van der Waals surface area contributed by atoms with Crippen LogP contribution in [0.3, 0.4) is 0 Å². The van der Waals surface area contributed by atoms with Crippen molar-refractivity contribution in [3.63, 3.8) is 0 Å². The van der Waals surface area contributed by atoms with Crippen LogP contribution in [0.1, 0.15) is 12.2 Å². The Kier molecular flexibility index (Phi) is 5.73. The van der Waals surface area contributed by atoms with Crippen LogP contribution in [0.15, 0.2) is 35.5 Å². The van der Waals surface area contributed by atoms with Crippen LogP contribution in [0.5, 0.6) is 0 Å². The summed E-state index contributed by atoms with van der Waals surface area (Å²) < 4.78 is 1.89. The minimum absolute atomic E-state index is 0.0969. The van der Waals surface area contributed by atoms with E-state index in [1.807, 2.05) is 34.9 Å². The predicted molar refractivity (Wildman–Crippen MR) is 79.8 cm³/mol. The minimum Gasteiger partial charge on any atom is -0.396 e. The maximum Gasteiger partial charge on any atom is 0.244 e. The van der Waals surface area contributed by atoms with Crippen LogP contribution < -0.4 is 11.3 Å². The Morgan fingerprint density at radius 1 is 1.33 bits per heavy atom. The topological polar surface area (TPSA) is 106 Å². The molecule has 1 aromatic carbocycles. The SMILES string of the molecule is NNC(=O)CSc1nnc(CCCO)n1-c1ccccc1. The van der Waals surface area contributed by atoms with Crippen LogP contribution in [-0.2, 0) is 11.2 Å². The van der Waals surface area contributed by atoms with Gasteiger partial charge in [0.2, 0.25) is 5.91 Å². The van der Waals surface area contributed by atoms with E-state index in [2.05, 4.69) is 15.6 Å². The molecule has 1 heterocycles. The van der Waals surface area contributed by atoms with Gasteiger partial charge < -0.3 is 5.11 Å². The van der Waals surface area contributed by atoms with Crippen molar-refractivity contribution < 1.29 is 9.90 Å². The van der Waals surface area contributed by atoms with E-state index in [1.54, 1.807) is 0 Å². The Hall–Kier alpha value is -1.90. The number of nitrogens with zero attached hydrogens (tertiary/aromatic N) is 3. The van der Waals surface area contributed by atoms with Gasteiger partial charge in [0.05, 0.1) is 5.75 Å². The van der Waals surface area contributed by atoms with Gasteiger partial charge in [0.25, 0.3) is 0 Å². The van der Waals surface area contributed by atoms with Crippen molar-refractivity contribution in [2.75, 3.05) is 12.4 Å². The lowest BCUT2D eigenvalue weighted by molar-refractivity contribution is -0.118. The van der Waals surface area contributed by atoms with Crippen LogP contribution in [0.25, 0.3) is 5.69 Å². The number of hydrogen-bond donors (Lipinski definition) is 3. The molecular formula is C13H17N5O2S. The summed E-state index contributed by atoms with van der Waals surface area (Å²) in [5, 5.41) is 17.9. The number of nitrogens with one attached hydrogen (secondary N) is 1. The largest absolute Gasteiger partial charge is 0.396 e. The summed E-state index contributed by atoms with van der Waals surface area (Å²) >= 11 is 1.26. The number of carbonyl (C=O) groups excluding carboxylic acids is 1. The van der Waals surface area contributed by atoms with Gasteiger partial charge in [0.15, 0.2) is 5.16 Å². The number of carbonyl (C=O) groups is 1. The smallest absolute Gasteiger partial charge is 0.244 e. The minimum atomic E-state index is -0.278. The van der Waals surface area contributed by atoms with Gasteiger partial charge in [0.1, 0.15) is 5.82 Å². The molecule has 2 rings (SSSR count). The van der Waals surface area contributed by atoms with Crippen molar-refractivity contribution in [1.29, 1.82) is 0 Å². The summed E-state index contributed by atoms with van der Waals surface area (Å²) in [4.78, 5) is 11.3. The molecule has 0 atom stereocenters. The van der Waals surface area contributed by atoms with E-state index in [4.69, 9.17) is 10.9 Å². The number of aliphatic hydroxyl groups is 1. The maximum absolute atomic E-state index is 11.3. The summed E-state index contributed by atoms with van der Waals surface area (Å²) in [6.45, 7) is 0.0969. The lowest BCUT2D eigenvalue weighted by Crippen LogP contribution is -2.31. The zero-order valence-electron chi connectivity index (χ0n) is 11.4. The molecule has 0 unspecified atom stereocenters. The number of para-hydroxylation sites is 1. The first-order valence-electron chi connectivity index (χ1n) is 6.49. The van der Waals surface area contributed by atoms with Crippen molar-refractivity contribution in [3.05, 3.63) is 36.2 Å². The second kappa shape index (κ2) is 7.77. The Bertz CT molecular complexity index is 588. The van der Waals surface area contributed by atoms with E-state index in [0.29, 0.717) is 18.0 Å². The summed E-state index contributed by atoms with van der Waals surface area (Å²) in [5.41, 5.74) is 3.01. The van der Waals surface area contributed by atoms with Gasteiger partial charge in [-0.15, -0.1) is 10.2 Å². The number of nitrogens with two attached hydrogens (primary N) is 1. The van der Waals surface area contributed by atoms with E-state index in [1.165, 1.54) is 11.8 Å². The van der Waals surface area contributed by atoms with E-state index in [-0.39, 0.29) is 18.3 Å². The standard InChI is InChI=1S/C13H17N5O2S/c14-15-12(20)9-21-13-17-16-11(7-4-8-19)18(13)10-5-2-1-3-6-10/h1-3,5-6,19H,4,7-9,14H2,(H,15,20). The molecule has 0 aliphatic carbocycles. The third kappa shape index (κ3) is 4.03. The monoisotopic (exact) mass is 307 g/mol. The number of amides is 1. The van der Waals surface area contributed by atoms with Gasteiger partial charge in [0, 0.05) is 18.7 Å². The number of thioether (sulfide) groups is 1. The summed E-state index contributed by atoms with van der Waals surface area (Å²) in [7, 11) is 0. The van der Waals surface area contributed by atoms with Crippen LogP contribution in [0.2, 0.25) is 0 Å². The Morgan fingerprint density at radius 3 is 2.76 bits per heavy atom. The quantitative estimate of drug-likeness (QED) is 0.293. The highest BCUT2D eigenvalue weighted by Crippen LogP contribution is 2.22. The van der Waals surface area contributed by atoms with Crippen molar-refractivity contribution in [3.8, 4) is 5.69 Å². The first kappa shape index (κ1) is 15.5. The molecule has 8 heteroatoms. The molecule has 0 aliphatic rings. The van der Waals surface area contributed by atoms with Crippen molar-refractivity contribution >= 4 is 17.7 Å². The molecule has 21 heavy (non-hydrogen) atoms. The van der Waals surface area contributed by atoms with Gasteiger partial charge in [-0.2, -0.15) is 0 Å². The van der Waals surface area contributed by atoms with Gasteiger partial charge in [-0.1, -0.05) is 30.0 Å². The molecule has 0 bridgehead atoms. The maximum atomic E-state index is 11.3. The van der Waals surface area contributed by atoms with Crippen LogP contribution in [-0.4, -0.2) is 38.1 Å². The molecule has 0 saturated carbocycles. The Balaban J connectivity index is 2.28. The van der Waals surface area contributed by atoms with E-state index in [9.17, 15) is 4.79 Å². The third-order valence-corrected chi connectivity index (χ3v) is 3.70. The average molecular weight is 307 g/mol. The first-order valence-corrected chi connectivity index (χ1v) is 7.47. The Morgan fingerprint density at radius 2 is 2.10 bits per heavy atom. The fraction of sp³-hybridized carbons (Fsp3) is 0.308. The number of aromatic nitrogens is 3. The normalized spacial score (nSPS) is 10.6. The van der Waals surface area contributed by atoms with Gasteiger partial charge in [-0.05, 0) is 18.6 Å².